The number of hydrogen-bond acceptors (Lipinski definition) is 5. The summed E-state index contributed by atoms with van der Waals surface area (Å²) in [7, 11) is 1.72. The molecule has 43 heavy (non-hydrogen) atoms. The number of aromatic nitrogens is 2. The van der Waals surface area contributed by atoms with E-state index in [1.54, 1.807) is 7.11 Å². The fraction of sp³-hybridized carbons (Fsp3) is 0.378. The quantitative estimate of drug-likeness (QED) is 0.167. The highest BCUT2D eigenvalue weighted by molar-refractivity contribution is 6.11. The summed E-state index contributed by atoms with van der Waals surface area (Å²) in [4.78, 5) is 5.09. The van der Waals surface area contributed by atoms with E-state index in [1.807, 2.05) is 6.92 Å². The minimum absolute atomic E-state index is 0.316. The van der Waals surface area contributed by atoms with Gasteiger partial charge in [0.25, 0.3) is 0 Å². The van der Waals surface area contributed by atoms with Crippen LogP contribution in [0.25, 0.3) is 27.6 Å². The van der Waals surface area contributed by atoms with E-state index in [2.05, 4.69) is 85.3 Å². The molecule has 0 atom stereocenters. The predicted octanol–water partition coefficient (Wildman–Crippen LogP) is 7.70. The lowest BCUT2D eigenvalue weighted by molar-refractivity contribution is 0.200. The van der Waals surface area contributed by atoms with Crippen molar-refractivity contribution in [2.45, 2.75) is 72.3 Å². The highest BCUT2D eigenvalue weighted by Crippen LogP contribution is 2.38. The number of aryl methyl sites for hydroxylation is 4. The number of benzene rings is 3. The second-order valence-corrected chi connectivity index (χ2v) is 12.1. The smallest absolute Gasteiger partial charge is 0.161 e. The molecule has 1 aliphatic carbocycles. The molecule has 5 aromatic rings. The fourth-order valence-electron chi connectivity index (χ4n) is 6.93. The third-order valence-corrected chi connectivity index (χ3v) is 8.97. The van der Waals surface area contributed by atoms with E-state index in [0.717, 1.165) is 78.2 Å². The van der Waals surface area contributed by atoms with E-state index in [9.17, 15) is 0 Å². The number of nitrogen functional groups attached to an aromatic ring is 1. The molecule has 6 nitrogen and oxygen atoms in total. The summed E-state index contributed by atoms with van der Waals surface area (Å²) >= 11 is 0. The van der Waals surface area contributed by atoms with Crippen LogP contribution in [0.4, 0.5) is 5.69 Å². The zero-order chi connectivity index (χ0) is 30.1. The van der Waals surface area contributed by atoms with Gasteiger partial charge in [0, 0.05) is 10.8 Å². The molecule has 0 spiro atoms. The zero-order valence-electron chi connectivity index (χ0n) is 26.2. The van der Waals surface area contributed by atoms with Crippen molar-refractivity contribution in [3.8, 4) is 17.2 Å². The van der Waals surface area contributed by atoms with Gasteiger partial charge in [0.05, 0.1) is 35.8 Å². The summed E-state index contributed by atoms with van der Waals surface area (Å²) < 4.78 is 14.2. The average molecular weight is 577 g/mol. The van der Waals surface area contributed by atoms with Crippen LogP contribution in [0, 0.1) is 27.7 Å². The Morgan fingerprint density at radius 1 is 0.907 bits per heavy atom. The van der Waals surface area contributed by atoms with Crippen LogP contribution in [0.15, 0.2) is 54.6 Å². The molecule has 0 unspecified atom stereocenters. The van der Waals surface area contributed by atoms with Crippen molar-refractivity contribution in [1.82, 2.24) is 14.9 Å². The first-order valence-corrected chi connectivity index (χ1v) is 15.7. The summed E-state index contributed by atoms with van der Waals surface area (Å²) in [5.74, 6) is 1.68. The normalized spacial score (nSPS) is 13.8. The number of methoxy groups -OCH3 is 1. The number of hydrogen-bond donors (Lipinski definition) is 2. The Morgan fingerprint density at radius 2 is 1.63 bits per heavy atom. The third kappa shape index (κ3) is 5.68. The van der Waals surface area contributed by atoms with Crippen LogP contribution >= 0.6 is 0 Å². The number of nitrogens with two attached hydrogens (primary N) is 1. The van der Waals surface area contributed by atoms with E-state index in [0.29, 0.717) is 6.10 Å². The van der Waals surface area contributed by atoms with Gasteiger partial charge in [-0.25, -0.2) is 4.98 Å². The standard InChI is InChI=1S/C37H44N4O2/c1-23-20-24(2)36(25(3)21-23)41-31-13-9-8-12-29(31)34-30(35(38)26(4)40-37(34)41)17-19-39-18-16-27-14-15-32(33(22-27)42-5)43-28-10-6-7-11-28/h8-9,12-15,20-22,28,39H,6-7,10-11,16-19,38H2,1-5H3. The first-order valence-electron chi connectivity index (χ1n) is 15.7. The van der Waals surface area contributed by atoms with Gasteiger partial charge in [-0.3, -0.25) is 4.57 Å². The van der Waals surface area contributed by atoms with Gasteiger partial charge in [-0.1, -0.05) is 42.0 Å². The van der Waals surface area contributed by atoms with Gasteiger partial charge in [0.15, 0.2) is 11.5 Å². The van der Waals surface area contributed by atoms with Crippen molar-refractivity contribution in [2.24, 2.45) is 0 Å². The van der Waals surface area contributed by atoms with Crippen LogP contribution in [0.5, 0.6) is 11.5 Å². The lowest BCUT2D eigenvalue weighted by Crippen LogP contribution is -2.21. The number of rotatable bonds is 10. The number of nitrogens with zero attached hydrogens (tertiary/aromatic N) is 2. The summed E-state index contributed by atoms with van der Waals surface area (Å²) in [6.45, 7) is 10.2. The van der Waals surface area contributed by atoms with Gasteiger partial charge in [-0.15, -0.1) is 0 Å². The molecule has 2 aromatic heterocycles. The largest absolute Gasteiger partial charge is 0.493 e. The van der Waals surface area contributed by atoms with Gasteiger partial charge >= 0.3 is 0 Å². The monoisotopic (exact) mass is 576 g/mol. The second-order valence-electron chi connectivity index (χ2n) is 12.1. The van der Waals surface area contributed by atoms with Crippen LogP contribution in [-0.2, 0) is 12.8 Å². The maximum atomic E-state index is 6.75. The minimum Gasteiger partial charge on any atom is -0.493 e. The Balaban J connectivity index is 1.23. The van der Waals surface area contributed by atoms with Gasteiger partial charge in [-0.2, -0.15) is 0 Å². The van der Waals surface area contributed by atoms with Crippen molar-refractivity contribution in [3.63, 3.8) is 0 Å². The molecule has 3 aromatic carbocycles. The molecule has 3 N–H and O–H groups in total. The SMILES string of the molecule is COc1cc(CCNCCc2c(N)c(C)nc3c2c2ccccc2n3-c2c(C)cc(C)cc2C)ccc1OC1CCCC1. The molecule has 6 rings (SSSR count). The molecule has 0 bridgehead atoms. The van der Waals surface area contributed by atoms with E-state index in [4.69, 9.17) is 20.2 Å². The molecule has 2 heterocycles. The molecular formula is C37H44N4O2. The molecule has 0 aliphatic heterocycles. The topological polar surface area (TPSA) is 74.3 Å². The Morgan fingerprint density at radius 3 is 2.37 bits per heavy atom. The number of nitrogens with one attached hydrogen (secondary N) is 1. The average Bonchev–Trinajstić information content (AvgIpc) is 3.61. The van der Waals surface area contributed by atoms with Gasteiger partial charge < -0.3 is 20.5 Å². The highest BCUT2D eigenvalue weighted by atomic mass is 16.5. The third-order valence-electron chi connectivity index (χ3n) is 8.97. The highest BCUT2D eigenvalue weighted by Gasteiger charge is 2.22. The van der Waals surface area contributed by atoms with Crippen molar-refractivity contribution >= 4 is 27.6 Å². The van der Waals surface area contributed by atoms with Crippen molar-refractivity contribution in [2.75, 3.05) is 25.9 Å². The van der Waals surface area contributed by atoms with Gasteiger partial charge in [-0.05, 0) is 120 Å². The first kappa shape index (κ1) is 29.1. The molecule has 6 heteroatoms. The van der Waals surface area contributed by atoms with Crippen LogP contribution in [0.3, 0.4) is 0 Å². The number of anilines is 1. The van der Waals surface area contributed by atoms with Crippen LogP contribution in [-0.4, -0.2) is 35.9 Å². The Bertz CT molecular complexity index is 1760. The summed E-state index contributed by atoms with van der Waals surface area (Å²) in [6.07, 6.45) is 6.82. The Hall–Kier alpha value is -4.03. The number of ether oxygens (including phenoxy) is 2. The van der Waals surface area contributed by atoms with E-state index in [-0.39, 0.29) is 0 Å². The lowest BCUT2D eigenvalue weighted by Gasteiger charge is -2.17. The molecular weight excluding hydrogens is 532 g/mol. The molecule has 0 amide bonds. The van der Waals surface area contributed by atoms with E-state index < -0.39 is 0 Å². The van der Waals surface area contributed by atoms with E-state index in [1.165, 1.54) is 51.7 Å². The minimum atomic E-state index is 0.316. The molecule has 0 saturated heterocycles. The number of pyridine rings is 1. The summed E-state index contributed by atoms with van der Waals surface area (Å²) in [5, 5.41) is 6.01. The number of para-hydroxylation sites is 1. The molecule has 0 radical (unpaired) electrons. The summed E-state index contributed by atoms with van der Waals surface area (Å²) in [6, 6.07) is 19.5. The first-order chi connectivity index (χ1) is 20.9. The van der Waals surface area contributed by atoms with Gasteiger partial charge in [0.2, 0.25) is 0 Å². The molecule has 1 saturated carbocycles. The lowest BCUT2D eigenvalue weighted by atomic mass is 10.0. The van der Waals surface area contributed by atoms with Crippen molar-refractivity contribution < 1.29 is 9.47 Å². The van der Waals surface area contributed by atoms with Crippen molar-refractivity contribution in [3.05, 3.63) is 88.1 Å². The Labute approximate surface area is 255 Å². The maximum absolute atomic E-state index is 6.75. The zero-order valence-corrected chi connectivity index (χ0v) is 26.2. The van der Waals surface area contributed by atoms with E-state index >= 15 is 0 Å². The molecule has 1 aliphatic rings. The Kier molecular flexibility index (Phi) is 8.31. The summed E-state index contributed by atoms with van der Waals surface area (Å²) in [5.41, 5.74) is 17.9. The van der Waals surface area contributed by atoms with Gasteiger partial charge in [0.1, 0.15) is 5.65 Å². The van der Waals surface area contributed by atoms with Crippen LogP contribution < -0.4 is 20.5 Å². The fourth-order valence-corrected chi connectivity index (χ4v) is 6.93. The molecule has 224 valence electrons. The van der Waals surface area contributed by atoms with Crippen LogP contribution in [0.1, 0.15) is 59.2 Å². The van der Waals surface area contributed by atoms with Crippen LogP contribution in [0.2, 0.25) is 0 Å². The predicted molar refractivity (Wildman–Crippen MR) is 178 cm³/mol. The maximum Gasteiger partial charge on any atom is 0.161 e. The van der Waals surface area contributed by atoms with Crippen molar-refractivity contribution in [1.29, 1.82) is 0 Å². The second kappa shape index (κ2) is 12.3. The molecule has 1 fully saturated rings. The number of fused-ring (bicyclic) bond motifs is 3.